The molecule has 0 aliphatic rings. The summed E-state index contributed by atoms with van der Waals surface area (Å²) >= 11 is 0. The first-order valence-corrected chi connectivity index (χ1v) is 10.8. The Morgan fingerprint density at radius 1 is 1.10 bits per heavy atom. The highest BCUT2D eigenvalue weighted by Crippen LogP contribution is 2.22. The fourth-order valence-electron chi connectivity index (χ4n) is 2.93. The highest BCUT2D eigenvalue weighted by molar-refractivity contribution is 7.92. The molecular formula is C21H23N3O5S. The third-order valence-electron chi connectivity index (χ3n) is 4.55. The van der Waals surface area contributed by atoms with E-state index in [9.17, 15) is 13.2 Å². The molecule has 30 heavy (non-hydrogen) atoms. The van der Waals surface area contributed by atoms with E-state index in [4.69, 9.17) is 9.26 Å². The number of nitrogens with one attached hydrogen (secondary N) is 2. The molecule has 0 aliphatic heterocycles. The van der Waals surface area contributed by atoms with Gasteiger partial charge in [0.05, 0.1) is 17.7 Å². The van der Waals surface area contributed by atoms with E-state index in [0.717, 1.165) is 11.3 Å². The summed E-state index contributed by atoms with van der Waals surface area (Å²) in [4.78, 5) is 12.3. The zero-order valence-corrected chi connectivity index (χ0v) is 17.7. The van der Waals surface area contributed by atoms with Crippen LogP contribution >= 0.6 is 0 Å². The van der Waals surface area contributed by atoms with Gasteiger partial charge in [-0.25, -0.2) is 8.42 Å². The molecule has 0 atom stereocenters. The second-order valence-corrected chi connectivity index (χ2v) is 8.40. The molecule has 0 aliphatic carbocycles. The van der Waals surface area contributed by atoms with Crippen molar-refractivity contribution in [2.75, 3.05) is 17.1 Å². The van der Waals surface area contributed by atoms with Gasteiger partial charge in [-0.2, -0.15) is 0 Å². The monoisotopic (exact) mass is 429 g/mol. The predicted molar refractivity (Wildman–Crippen MR) is 113 cm³/mol. The van der Waals surface area contributed by atoms with Gasteiger partial charge in [-0.1, -0.05) is 11.2 Å². The Kier molecular flexibility index (Phi) is 6.41. The Labute approximate surface area is 175 Å². The Balaban J connectivity index is 1.66. The molecule has 0 saturated carbocycles. The maximum atomic E-state index is 12.7. The number of rotatable bonds is 8. The fraction of sp³-hybridized carbons (Fsp3) is 0.238. The number of methoxy groups -OCH3 is 1. The van der Waals surface area contributed by atoms with Crippen molar-refractivity contribution in [2.45, 2.75) is 31.6 Å². The number of ether oxygens (including phenoxy) is 1. The molecule has 3 aromatic rings. The van der Waals surface area contributed by atoms with E-state index >= 15 is 0 Å². The largest absolute Gasteiger partial charge is 0.497 e. The Morgan fingerprint density at radius 2 is 1.83 bits per heavy atom. The Bertz CT molecular complexity index is 1120. The number of nitrogens with zero attached hydrogens (tertiary/aromatic N) is 1. The third kappa shape index (κ3) is 5.18. The number of sulfonamides is 1. The maximum Gasteiger partial charge on any atom is 0.261 e. The fourth-order valence-corrected chi connectivity index (χ4v) is 4.04. The minimum Gasteiger partial charge on any atom is -0.497 e. The molecule has 0 unspecified atom stereocenters. The molecule has 0 spiro atoms. The molecule has 1 heterocycles. The van der Waals surface area contributed by atoms with Gasteiger partial charge in [-0.15, -0.1) is 0 Å². The van der Waals surface area contributed by atoms with Gasteiger partial charge in [0.15, 0.2) is 0 Å². The molecule has 2 N–H and O–H groups in total. The van der Waals surface area contributed by atoms with Gasteiger partial charge in [0.2, 0.25) is 5.91 Å². The summed E-state index contributed by atoms with van der Waals surface area (Å²) in [6, 6.07) is 12.6. The second-order valence-electron chi connectivity index (χ2n) is 6.71. The van der Waals surface area contributed by atoms with E-state index in [1.807, 2.05) is 6.92 Å². The van der Waals surface area contributed by atoms with Gasteiger partial charge >= 0.3 is 0 Å². The quantitative estimate of drug-likeness (QED) is 0.565. The topological polar surface area (TPSA) is 111 Å². The third-order valence-corrected chi connectivity index (χ3v) is 5.93. The number of hydrogen-bond donors (Lipinski definition) is 2. The number of carbonyl (C=O) groups excluding carboxylic acids is 1. The van der Waals surface area contributed by atoms with Gasteiger partial charge in [0, 0.05) is 23.4 Å². The highest BCUT2D eigenvalue weighted by Gasteiger charge is 2.16. The van der Waals surface area contributed by atoms with Crippen LogP contribution in [0.25, 0.3) is 0 Å². The van der Waals surface area contributed by atoms with Crippen molar-refractivity contribution in [3.63, 3.8) is 0 Å². The molecule has 3 rings (SSSR count). The standard InChI is InChI=1S/C21H23N3O5S/c1-14-20(15(2)29-23-14)11-12-21(25)22-17-5-4-6-19(13-17)30(26,27)24-16-7-9-18(28-3)10-8-16/h4-10,13,24H,11-12H2,1-3H3,(H,22,25). The van der Waals surface area contributed by atoms with Crippen LogP contribution in [0.2, 0.25) is 0 Å². The second kappa shape index (κ2) is 9.00. The van der Waals surface area contributed by atoms with Gasteiger partial charge in [-0.3, -0.25) is 9.52 Å². The number of aromatic nitrogens is 1. The number of carbonyl (C=O) groups is 1. The molecule has 2 aromatic carbocycles. The van der Waals surface area contributed by atoms with Crippen LogP contribution in [-0.4, -0.2) is 26.6 Å². The van der Waals surface area contributed by atoms with E-state index in [1.54, 1.807) is 43.3 Å². The molecule has 0 fully saturated rings. The molecule has 1 aromatic heterocycles. The van der Waals surface area contributed by atoms with E-state index in [2.05, 4.69) is 15.2 Å². The van der Waals surface area contributed by atoms with E-state index in [0.29, 0.717) is 29.3 Å². The summed E-state index contributed by atoms with van der Waals surface area (Å²) in [7, 11) is -2.28. The summed E-state index contributed by atoms with van der Waals surface area (Å²) in [6.07, 6.45) is 0.716. The smallest absolute Gasteiger partial charge is 0.261 e. The van der Waals surface area contributed by atoms with Crippen molar-refractivity contribution >= 4 is 27.3 Å². The van der Waals surface area contributed by atoms with Crippen LogP contribution in [0.1, 0.15) is 23.4 Å². The zero-order chi connectivity index (χ0) is 21.7. The maximum absolute atomic E-state index is 12.7. The van der Waals surface area contributed by atoms with Crippen molar-refractivity contribution in [3.8, 4) is 5.75 Å². The number of anilines is 2. The summed E-state index contributed by atoms with van der Waals surface area (Å²) in [5, 5.41) is 6.61. The first-order chi connectivity index (χ1) is 14.3. The van der Waals surface area contributed by atoms with Gasteiger partial charge in [0.1, 0.15) is 11.5 Å². The van der Waals surface area contributed by atoms with Crippen LogP contribution in [0.15, 0.2) is 57.9 Å². The minimum absolute atomic E-state index is 0.0434. The summed E-state index contributed by atoms with van der Waals surface area (Å²) < 4.78 is 38.0. The first kappa shape index (κ1) is 21.4. The van der Waals surface area contributed by atoms with Gasteiger partial charge in [-0.05, 0) is 62.7 Å². The van der Waals surface area contributed by atoms with E-state index in [-0.39, 0.29) is 17.2 Å². The predicted octanol–water partition coefficient (Wildman–Crippen LogP) is 3.67. The Hall–Kier alpha value is -3.33. The highest BCUT2D eigenvalue weighted by atomic mass is 32.2. The van der Waals surface area contributed by atoms with Gasteiger partial charge < -0.3 is 14.6 Å². The molecular weight excluding hydrogens is 406 g/mol. The zero-order valence-electron chi connectivity index (χ0n) is 16.9. The van der Waals surface area contributed by atoms with Crippen molar-refractivity contribution in [3.05, 3.63) is 65.5 Å². The van der Waals surface area contributed by atoms with Crippen LogP contribution in [0.4, 0.5) is 11.4 Å². The molecule has 1 amide bonds. The molecule has 0 bridgehead atoms. The molecule has 0 radical (unpaired) electrons. The minimum atomic E-state index is -3.81. The van der Waals surface area contributed by atoms with Crippen molar-refractivity contribution in [1.29, 1.82) is 0 Å². The summed E-state index contributed by atoms with van der Waals surface area (Å²) in [5.41, 5.74) is 2.48. The number of hydrogen-bond acceptors (Lipinski definition) is 6. The Morgan fingerprint density at radius 3 is 2.47 bits per heavy atom. The summed E-state index contributed by atoms with van der Waals surface area (Å²) in [6.45, 7) is 3.63. The van der Waals surface area contributed by atoms with E-state index in [1.165, 1.54) is 19.2 Å². The number of benzene rings is 2. The molecule has 8 nitrogen and oxygen atoms in total. The average Bonchev–Trinajstić information content (AvgIpc) is 3.04. The van der Waals surface area contributed by atoms with Gasteiger partial charge in [0.25, 0.3) is 10.0 Å². The molecule has 158 valence electrons. The van der Waals surface area contributed by atoms with Crippen molar-refractivity contribution < 1.29 is 22.5 Å². The first-order valence-electron chi connectivity index (χ1n) is 9.27. The lowest BCUT2D eigenvalue weighted by Gasteiger charge is -2.11. The molecule has 9 heteroatoms. The van der Waals surface area contributed by atoms with Crippen LogP contribution in [0.3, 0.4) is 0 Å². The average molecular weight is 429 g/mol. The lowest BCUT2D eigenvalue weighted by atomic mass is 10.1. The lowest BCUT2D eigenvalue weighted by Crippen LogP contribution is -2.15. The number of amides is 1. The van der Waals surface area contributed by atoms with Crippen LogP contribution in [0, 0.1) is 13.8 Å². The SMILES string of the molecule is COc1ccc(NS(=O)(=O)c2cccc(NC(=O)CCc3c(C)noc3C)c2)cc1. The van der Waals surface area contributed by atoms with E-state index < -0.39 is 10.0 Å². The number of aryl methyl sites for hydroxylation is 2. The molecule has 0 saturated heterocycles. The normalized spacial score (nSPS) is 11.2. The van der Waals surface area contributed by atoms with Crippen LogP contribution in [0.5, 0.6) is 5.75 Å². The van der Waals surface area contributed by atoms with Crippen LogP contribution in [-0.2, 0) is 21.2 Å². The van der Waals surface area contributed by atoms with Crippen molar-refractivity contribution in [2.24, 2.45) is 0 Å². The lowest BCUT2D eigenvalue weighted by molar-refractivity contribution is -0.116. The van der Waals surface area contributed by atoms with Crippen LogP contribution < -0.4 is 14.8 Å². The van der Waals surface area contributed by atoms with Crippen molar-refractivity contribution in [1.82, 2.24) is 5.16 Å². The summed E-state index contributed by atoms with van der Waals surface area (Å²) in [5.74, 6) is 1.09.